The fraction of sp³-hybridized carbons (Fsp3) is 0.769. The van der Waals surface area contributed by atoms with Crippen molar-refractivity contribution in [1.82, 2.24) is 0 Å². The molecule has 0 aromatic carbocycles. The van der Waals surface area contributed by atoms with Crippen molar-refractivity contribution >= 4 is 5.97 Å². The predicted molar refractivity (Wildman–Crippen MR) is 61.1 cm³/mol. The quantitative estimate of drug-likeness (QED) is 0.746. The van der Waals surface area contributed by atoms with Gasteiger partial charge in [-0.3, -0.25) is 0 Å². The highest BCUT2D eigenvalue weighted by Crippen LogP contribution is 2.59. The summed E-state index contributed by atoms with van der Waals surface area (Å²) in [7, 11) is 1.47. The van der Waals surface area contributed by atoms with Crippen LogP contribution < -0.4 is 0 Å². The molecule has 3 rings (SSSR count). The Hall–Kier alpha value is -0.830. The Balaban J connectivity index is 2.06. The lowest BCUT2D eigenvalue weighted by Crippen LogP contribution is -2.48. The van der Waals surface area contributed by atoms with Gasteiger partial charge in [0.25, 0.3) is 0 Å². The third-order valence-corrected chi connectivity index (χ3v) is 4.56. The summed E-state index contributed by atoms with van der Waals surface area (Å²) >= 11 is 0. The van der Waals surface area contributed by atoms with Crippen LogP contribution in [0, 0.1) is 17.3 Å². The van der Waals surface area contributed by atoms with Crippen LogP contribution in [0.1, 0.15) is 33.1 Å². The first kappa shape index (κ1) is 11.6. The van der Waals surface area contributed by atoms with E-state index >= 15 is 0 Å². The average Bonchev–Trinajstić information content (AvgIpc) is 2.25. The SMILES string of the molecule is COC(CC1=CCC2CC1C2(C)C)C(=O)O. The third kappa shape index (κ3) is 1.67. The molecular weight excluding hydrogens is 204 g/mol. The zero-order valence-electron chi connectivity index (χ0n) is 10.2. The number of rotatable bonds is 4. The standard InChI is InChI=1S/C13H20O3/c1-13(2)9-5-4-8(10(13)7-9)6-11(16-3)12(14)15/h4,9-11H,5-7H2,1-3H3,(H,14,15). The maximum absolute atomic E-state index is 10.9. The molecule has 0 saturated heterocycles. The van der Waals surface area contributed by atoms with Crippen LogP contribution in [-0.4, -0.2) is 24.3 Å². The lowest BCUT2D eigenvalue weighted by molar-refractivity contribution is -0.148. The second kappa shape index (κ2) is 3.88. The minimum atomic E-state index is -0.859. The molecule has 3 aliphatic rings. The van der Waals surface area contributed by atoms with Gasteiger partial charge in [-0.2, -0.15) is 0 Å². The first-order chi connectivity index (χ1) is 7.46. The summed E-state index contributed by atoms with van der Waals surface area (Å²) < 4.78 is 5.01. The van der Waals surface area contributed by atoms with E-state index in [1.807, 2.05) is 0 Å². The van der Waals surface area contributed by atoms with E-state index in [0.717, 1.165) is 12.3 Å². The van der Waals surface area contributed by atoms with Gasteiger partial charge < -0.3 is 9.84 Å². The van der Waals surface area contributed by atoms with Crippen molar-refractivity contribution in [2.45, 2.75) is 39.2 Å². The van der Waals surface area contributed by atoms with Gasteiger partial charge in [0.1, 0.15) is 0 Å². The summed E-state index contributed by atoms with van der Waals surface area (Å²) in [6, 6.07) is 0. The number of carbonyl (C=O) groups is 1. The molecule has 1 N–H and O–H groups in total. The Morgan fingerprint density at radius 1 is 1.69 bits per heavy atom. The number of fused-ring (bicyclic) bond motifs is 1. The van der Waals surface area contributed by atoms with Crippen molar-refractivity contribution in [2.75, 3.05) is 7.11 Å². The van der Waals surface area contributed by atoms with Crippen LogP contribution in [0.5, 0.6) is 0 Å². The molecule has 0 radical (unpaired) electrons. The summed E-state index contributed by atoms with van der Waals surface area (Å²) in [5.74, 6) is 0.512. The van der Waals surface area contributed by atoms with Crippen LogP contribution >= 0.6 is 0 Å². The molecule has 0 spiro atoms. The van der Waals surface area contributed by atoms with E-state index in [1.165, 1.54) is 19.1 Å². The minimum Gasteiger partial charge on any atom is -0.479 e. The molecule has 90 valence electrons. The molecular formula is C13H20O3. The van der Waals surface area contributed by atoms with Crippen molar-refractivity contribution in [3.05, 3.63) is 11.6 Å². The van der Waals surface area contributed by atoms with Crippen molar-refractivity contribution < 1.29 is 14.6 Å². The topological polar surface area (TPSA) is 46.5 Å². The maximum Gasteiger partial charge on any atom is 0.333 e. The van der Waals surface area contributed by atoms with Gasteiger partial charge in [-0.1, -0.05) is 25.5 Å². The molecule has 0 aromatic heterocycles. The summed E-state index contributed by atoms with van der Waals surface area (Å²) in [5, 5.41) is 8.98. The van der Waals surface area contributed by atoms with Gasteiger partial charge >= 0.3 is 5.97 Å². The lowest BCUT2D eigenvalue weighted by Gasteiger charge is -2.56. The third-order valence-electron chi connectivity index (χ3n) is 4.56. The number of carboxylic acids is 1. The highest BCUT2D eigenvalue weighted by Gasteiger charge is 2.51. The Morgan fingerprint density at radius 3 is 2.81 bits per heavy atom. The average molecular weight is 224 g/mol. The van der Waals surface area contributed by atoms with Crippen LogP contribution in [-0.2, 0) is 9.53 Å². The van der Waals surface area contributed by atoms with Crippen molar-refractivity contribution in [3.63, 3.8) is 0 Å². The molecule has 0 amide bonds. The van der Waals surface area contributed by atoms with E-state index in [0.29, 0.717) is 17.8 Å². The molecule has 3 aliphatic carbocycles. The van der Waals surface area contributed by atoms with E-state index in [9.17, 15) is 4.79 Å². The second-order valence-corrected chi connectivity index (χ2v) is 5.59. The maximum atomic E-state index is 10.9. The Kier molecular flexibility index (Phi) is 2.82. The number of carboxylic acid groups (broad SMARTS) is 1. The number of allylic oxidation sites excluding steroid dienone is 1. The van der Waals surface area contributed by atoms with Crippen LogP contribution in [0.4, 0.5) is 0 Å². The molecule has 1 fully saturated rings. The molecule has 3 heteroatoms. The zero-order chi connectivity index (χ0) is 11.9. The van der Waals surface area contributed by atoms with Crippen LogP contribution in [0.25, 0.3) is 0 Å². The predicted octanol–water partition coefficient (Wildman–Crippen LogP) is 2.47. The van der Waals surface area contributed by atoms with Crippen molar-refractivity contribution in [3.8, 4) is 0 Å². The minimum absolute atomic E-state index is 0.362. The number of hydrogen-bond acceptors (Lipinski definition) is 2. The monoisotopic (exact) mass is 224 g/mol. The molecule has 16 heavy (non-hydrogen) atoms. The van der Waals surface area contributed by atoms with Gasteiger partial charge in [-0.25, -0.2) is 4.79 Å². The van der Waals surface area contributed by atoms with Crippen LogP contribution in [0.15, 0.2) is 11.6 Å². The molecule has 3 unspecified atom stereocenters. The van der Waals surface area contributed by atoms with E-state index in [-0.39, 0.29) is 0 Å². The van der Waals surface area contributed by atoms with Crippen LogP contribution in [0.2, 0.25) is 0 Å². The molecule has 1 saturated carbocycles. The van der Waals surface area contributed by atoms with E-state index in [4.69, 9.17) is 9.84 Å². The number of aliphatic carboxylic acids is 1. The van der Waals surface area contributed by atoms with Gasteiger partial charge in [0.15, 0.2) is 6.10 Å². The largest absolute Gasteiger partial charge is 0.479 e. The van der Waals surface area contributed by atoms with Gasteiger partial charge in [-0.15, -0.1) is 0 Å². The number of ether oxygens (including phenoxy) is 1. The molecule has 3 nitrogen and oxygen atoms in total. The van der Waals surface area contributed by atoms with E-state index in [2.05, 4.69) is 19.9 Å². The zero-order valence-corrected chi connectivity index (χ0v) is 10.2. The first-order valence-electron chi connectivity index (χ1n) is 5.91. The molecule has 2 bridgehead atoms. The molecule has 3 atom stereocenters. The Labute approximate surface area is 96.5 Å². The highest BCUT2D eigenvalue weighted by atomic mass is 16.5. The summed E-state index contributed by atoms with van der Waals surface area (Å²) in [6.45, 7) is 4.59. The van der Waals surface area contributed by atoms with E-state index < -0.39 is 12.1 Å². The van der Waals surface area contributed by atoms with Gasteiger partial charge in [0.2, 0.25) is 0 Å². The van der Waals surface area contributed by atoms with Gasteiger partial charge in [0.05, 0.1) is 0 Å². The normalized spacial score (nSPS) is 32.6. The second-order valence-electron chi connectivity index (χ2n) is 5.59. The molecule has 0 aliphatic heterocycles. The summed E-state index contributed by atoms with van der Waals surface area (Å²) in [4.78, 5) is 10.9. The highest BCUT2D eigenvalue weighted by molar-refractivity contribution is 5.72. The van der Waals surface area contributed by atoms with Gasteiger partial charge in [-0.05, 0) is 30.1 Å². The Bertz CT molecular complexity index is 330. The smallest absolute Gasteiger partial charge is 0.333 e. The Morgan fingerprint density at radius 2 is 2.38 bits per heavy atom. The summed E-state index contributed by atoms with van der Waals surface area (Å²) in [6.07, 6.45) is 4.44. The number of methoxy groups -OCH3 is 1. The van der Waals surface area contributed by atoms with Crippen LogP contribution in [0.3, 0.4) is 0 Å². The first-order valence-corrected chi connectivity index (χ1v) is 5.91. The van der Waals surface area contributed by atoms with Crippen molar-refractivity contribution in [1.29, 1.82) is 0 Å². The molecule has 0 aromatic rings. The van der Waals surface area contributed by atoms with E-state index in [1.54, 1.807) is 0 Å². The fourth-order valence-corrected chi connectivity index (χ4v) is 3.19. The van der Waals surface area contributed by atoms with Gasteiger partial charge in [0, 0.05) is 13.5 Å². The number of hydrogen-bond donors (Lipinski definition) is 1. The fourth-order valence-electron chi connectivity index (χ4n) is 3.19. The summed E-state index contributed by atoms with van der Waals surface area (Å²) in [5.41, 5.74) is 1.66. The lowest BCUT2D eigenvalue weighted by atomic mass is 9.48. The van der Waals surface area contributed by atoms with Crippen molar-refractivity contribution in [2.24, 2.45) is 17.3 Å². The molecule has 0 heterocycles.